The topological polar surface area (TPSA) is 166 Å². The molecule has 13 heteroatoms. The van der Waals surface area contributed by atoms with Crippen LogP contribution in [0, 0.1) is 20.2 Å². The maximum atomic E-state index is 12.8. The number of hydrogen-bond acceptors (Lipinski definition) is 9. The summed E-state index contributed by atoms with van der Waals surface area (Å²) < 4.78 is 32.9. The predicted molar refractivity (Wildman–Crippen MR) is 121 cm³/mol. The summed E-state index contributed by atoms with van der Waals surface area (Å²) in [7, 11) is -2.79. The fraction of sp³-hybridized carbons (Fsp3) is 0.0500. The third kappa shape index (κ3) is 5.40. The van der Waals surface area contributed by atoms with Gasteiger partial charge >= 0.3 is 0 Å². The molecule has 2 N–H and O–H groups in total. The number of nitrogens with zero attached hydrogens (tertiary/aromatic N) is 3. The Kier molecular flexibility index (Phi) is 6.83. The van der Waals surface area contributed by atoms with Gasteiger partial charge in [0.05, 0.1) is 39.3 Å². The van der Waals surface area contributed by atoms with E-state index in [2.05, 4.69) is 15.2 Å². The van der Waals surface area contributed by atoms with Crippen molar-refractivity contribution in [1.29, 1.82) is 0 Å². The molecule has 0 fully saturated rings. The maximum Gasteiger partial charge on any atom is 0.295 e. The highest BCUT2D eigenvalue weighted by atomic mass is 32.2. The summed E-state index contributed by atoms with van der Waals surface area (Å²) in [6.07, 6.45) is 1.13. The fourth-order valence-electron chi connectivity index (χ4n) is 2.79. The first-order valence-corrected chi connectivity index (χ1v) is 10.7. The summed E-state index contributed by atoms with van der Waals surface area (Å²) in [6, 6.07) is 15.3. The molecule has 0 bridgehead atoms. The molecule has 0 aliphatic carbocycles. The van der Waals surface area contributed by atoms with Gasteiger partial charge in [0, 0.05) is 12.1 Å². The van der Waals surface area contributed by atoms with Crippen molar-refractivity contribution in [2.45, 2.75) is 4.90 Å². The first kappa shape index (κ1) is 23.1. The average molecular weight is 471 g/mol. The quantitative estimate of drug-likeness (QED) is 0.270. The van der Waals surface area contributed by atoms with E-state index in [0.29, 0.717) is 0 Å². The second-order valence-electron chi connectivity index (χ2n) is 6.43. The van der Waals surface area contributed by atoms with E-state index in [0.717, 1.165) is 18.3 Å². The second kappa shape index (κ2) is 9.74. The van der Waals surface area contributed by atoms with Crippen molar-refractivity contribution in [1.82, 2.24) is 0 Å². The number of rotatable bonds is 9. The van der Waals surface area contributed by atoms with Gasteiger partial charge in [0.1, 0.15) is 11.4 Å². The molecule has 0 heterocycles. The first-order valence-electron chi connectivity index (χ1n) is 9.19. The van der Waals surface area contributed by atoms with Gasteiger partial charge in [-0.25, -0.2) is 8.42 Å². The molecule has 3 rings (SSSR count). The minimum atomic E-state index is -4.17. The SMILES string of the molecule is COc1ccccc1NS(=O)(=O)c1ccc(NN=Cc2ccccc2[N+](=O)[O-])c([N+](=O)[O-])c1. The lowest BCUT2D eigenvalue weighted by Gasteiger charge is -2.12. The van der Waals surface area contributed by atoms with E-state index in [-0.39, 0.29) is 33.3 Å². The molecule has 0 spiro atoms. The number of methoxy groups -OCH3 is 1. The lowest BCUT2D eigenvalue weighted by atomic mass is 10.2. The molecule has 0 unspecified atom stereocenters. The molecule has 0 saturated heterocycles. The molecule has 0 aromatic heterocycles. The van der Waals surface area contributed by atoms with E-state index in [9.17, 15) is 28.6 Å². The van der Waals surface area contributed by atoms with Crippen LogP contribution in [0.3, 0.4) is 0 Å². The van der Waals surface area contributed by atoms with Crippen LogP contribution in [0.2, 0.25) is 0 Å². The Labute approximate surface area is 187 Å². The molecule has 0 aliphatic rings. The van der Waals surface area contributed by atoms with Crippen molar-refractivity contribution >= 4 is 39.0 Å². The van der Waals surface area contributed by atoms with Gasteiger partial charge in [0.25, 0.3) is 21.4 Å². The highest BCUT2D eigenvalue weighted by molar-refractivity contribution is 7.92. The third-order valence-electron chi connectivity index (χ3n) is 4.35. The van der Waals surface area contributed by atoms with Gasteiger partial charge < -0.3 is 4.74 Å². The van der Waals surface area contributed by atoms with Gasteiger partial charge in [0.2, 0.25) is 0 Å². The standard InChI is InChI=1S/C20H17N5O7S/c1-32-20-9-5-3-7-17(20)23-33(30,31)15-10-11-16(19(12-15)25(28)29)22-21-13-14-6-2-4-8-18(14)24(26)27/h2-13,22-23H,1H3. The molecule has 170 valence electrons. The number of para-hydroxylation sites is 3. The van der Waals surface area contributed by atoms with Crippen LogP contribution in [-0.2, 0) is 10.0 Å². The van der Waals surface area contributed by atoms with E-state index in [1.807, 2.05) is 0 Å². The van der Waals surface area contributed by atoms with Crippen molar-refractivity contribution < 1.29 is 23.0 Å². The van der Waals surface area contributed by atoms with Crippen LogP contribution in [0.4, 0.5) is 22.7 Å². The molecule has 0 radical (unpaired) electrons. The Morgan fingerprint density at radius 2 is 1.58 bits per heavy atom. The Morgan fingerprint density at radius 3 is 2.27 bits per heavy atom. The Balaban J connectivity index is 1.88. The van der Waals surface area contributed by atoms with Crippen molar-refractivity contribution in [2.24, 2.45) is 5.10 Å². The maximum absolute atomic E-state index is 12.8. The van der Waals surface area contributed by atoms with Gasteiger partial charge in [-0.05, 0) is 30.3 Å². The second-order valence-corrected chi connectivity index (χ2v) is 8.11. The normalized spacial score (nSPS) is 11.2. The summed E-state index contributed by atoms with van der Waals surface area (Å²) in [5, 5.41) is 26.4. The van der Waals surface area contributed by atoms with E-state index in [1.54, 1.807) is 24.3 Å². The number of nitro benzene ring substituents is 2. The van der Waals surface area contributed by atoms with Crippen molar-refractivity contribution in [3.8, 4) is 5.75 Å². The van der Waals surface area contributed by atoms with E-state index < -0.39 is 25.6 Å². The van der Waals surface area contributed by atoms with Crippen LogP contribution in [0.1, 0.15) is 5.56 Å². The van der Waals surface area contributed by atoms with Crippen molar-refractivity contribution in [2.75, 3.05) is 17.3 Å². The van der Waals surface area contributed by atoms with Crippen LogP contribution in [0.5, 0.6) is 5.75 Å². The number of nitro groups is 2. The van der Waals surface area contributed by atoms with Crippen molar-refractivity contribution in [3.63, 3.8) is 0 Å². The zero-order valence-electron chi connectivity index (χ0n) is 17.0. The summed E-state index contributed by atoms with van der Waals surface area (Å²) in [5.74, 6) is 0.276. The molecule has 3 aromatic rings. The van der Waals surface area contributed by atoms with Crippen molar-refractivity contribution in [3.05, 3.63) is 92.5 Å². The molecule has 0 aliphatic heterocycles. The van der Waals surface area contributed by atoms with Crippen LogP contribution >= 0.6 is 0 Å². The lowest BCUT2D eigenvalue weighted by molar-refractivity contribution is -0.385. The smallest absolute Gasteiger partial charge is 0.295 e. The largest absolute Gasteiger partial charge is 0.495 e. The van der Waals surface area contributed by atoms with Crippen LogP contribution in [-0.4, -0.2) is 31.6 Å². The third-order valence-corrected chi connectivity index (χ3v) is 5.71. The number of hydrazone groups is 1. The summed E-state index contributed by atoms with van der Waals surface area (Å²) >= 11 is 0. The minimum absolute atomic E-state index is 0.105. The molecular weight excluding hydrogens is 454 g/mol. The Bertz CT molecular complexity index is 1340. The summed E-state index contributed by atoms with van der Waals surface area (Å²) in [4.78, 5) is 20.9. The molecule has 0 atom stereocenters. The van der Waals surface area contributed by atoms with Crippen LogP contribution in [0.25, 0.3) is 0 Å². The van der Waals surface area contributed by atoms with E-state index in [1.165, 1.54) is 37.4 Å². The highest BCUT2D eigenvalue weighted by Gasteiger charge is 2.22. The van der Waals surface area contributed by atoms with Gasteiger partial charge in [-0.15, -0.1) is 0 Å². The predicted octanol–water partition coefficient (Wildman–Crippen LogP) is 3.76. The molecule has 0 saturated carbocycles. The van der Waals surface area contributed by atoms with E-state index in [4.69, 9.17) is 4.74 Å². The molecule has 33 heavy (non-hydrogen) atoms. The number of sulfonamides is 1. The van der Waals surface area contributed by atoms with Gasteiger partial charge in [-0.1, -0.05) is 24.3 Å². The van der Waals surface area contributed by atoms with Crippen LogP contribution < -0.4 is 14.9 Å². The first-order chi connectivity index (χ1) is 15.7. The number of anilines is 2. The lowest BCUT2D eigenvalue weighted by Crippen LogP contribution is -2.14. The van der Waals surface area contributed by atoms with Gasteiger partial charge in [-0.3, -0.25) is 30.4 Å². The number of nitrogens with one attached hydrogen (secondary N) is 2. The average Bonchev–Trinajstić information content (AvgIpc) is 2.79. The zero-order chi connectivity index (χ0) is 24.0. The van der Waals surface area contributed by atoms with Gasteiger partial charge in [0.15, 0.2) is 0 Å². The zero-order valence-corrected chi connectivity index (χ0v) is 17.9. The van der Waals surface area contributed by atoms with E-state index >= 15 is 0 Å². The highest BCUT2D eigenvalue weighted by Crippen LogP contribution is 2.30. The Morgan fingerprint density at radius 1 is 0.909 bits per heavy atom. The summed E-state index contributed by atoms with van der Waals surface area (Å²) in [6.45, 7) is 0. The molecular formula is C20H17N5O7S. The number of hydrogen-bond donors (Lipinski definition) is 2. The summed E-state index contributed by atoms with van der Waals surface area (Å²) in [5.41, 5.74) is 1.91. The minimum Gasteiger partial charge on any atom is -0.495 e. The van der Waals surface area contributed by atoms with Gasteiger partial charge in [-0.2, -0.15) is 5.10 Å². The Hall–Kier alpha value is -4.52. The monoisotopic (exact) mass is 471 g/mol. The van der Waals surface area contributed by atoms with Crippen LogP contribution in [0.15, 0.2) is 76.7 Å². The number of benzene rings is 3. The molecule has 0 amide bonds. The molecule has 12 nitrogen and oxygen atoms in total. The molecule has 3 aromatic carbocycles. The number of ether oxygens (including phenoxy) is 1. The fourth-order valence-corrected chi connectivity index (χ4v) is 3.88.